The van der Waals surface area contributed by atoms with Gasteiger partial charge in [0, 0.05) is 11.5 Å². The maximum Gasteiger partial charge on any atom is 0.165 e. The molecule has 0 radical (unpaired) electrons. The van der Waals surface area contributed by atoms with Crippen LogP contribution in [0, 0.1) is 5.92 Å². The molecular weight excluding hydrogens is 244 g/mol. The molecule has 0 heterocycles. The zero-order valence-electron chi connectivity index (χ0n) is 12.9. The second-order valence-electron chi connectivity index (χ2n) is 6.21. The molecule has 1 heteroatoms. The third-order valence-electron chi connectivity index (χ3n) is 4.53. The van der Waals surface area contributed by atoms with Crippen molar-refractivity contribution in [2.45, 2.75) is 71.1 Å². The minimum absolute atomic E-state index is 0.291. The monoisotopic (exact) mass is 272 g/mol. The molecular formula is C19H28O. The average molecular weight is 272 g/mol. The Hall–Kier alpha value is -1.11. The number of hydrogen-bond acceptors (Lipinski definition) is 1. The van der Waals surface area contributed by atoms with Crippen LogP contribution in [0.15, 0.2) is 24.3 Å². The summed E-state index contributed by atoms with van der Waals surface area (Å²) in [5, 5.41) is 0. The van der Waals surface area contributed by atoms with Crippen LogP contribution in [0.25, 0.3) is 0 Å². The molecule has 0 spiro atoms. The molecule has 0 bridgehead atoms. The molecule has 1 aliphatic carbocycles. The summed E-state index contributed by atoms with van der Waals surface area (Å²) in [4.78, 5) is 12.4. The Morgan fingerprint density at radius 2 is 1.70 bits per heavy atom. The zero-order valence-corrected chi connectivity index (χ0v) is 12.9. The van der Waals surface area contributed by atoms with E-state index in [0.29, 0.717) is 11.7 Å². The quantitative estimate of drug-likeness (QED) is 0.468. The van der Waals surface area contributed by atoms with Crippen molar-refractivity contribution in [1.82, 2.24) is 0 Å². The van der Waals surface area contributed by atoms with Crippen molar-refractivity contribution in [3.63, 3.8) is 0 Å². The summed E-state index contributed by atoms with van der Waals surface area (Å²) in [6.07, 6.45) is 12.3. The number of unbranched alkanes of at least 4 members (excludes halogenated alkanes) is 3. The van der Waals surface area contributed by atoms with Crippen LogP contribution in [0.2, 0.25) is 0 Å². The minimum atomic E-state index is 0.291. The van der Waals surface area contributed by atoms with Crippen LogP contribution >= 0.6 is 0 Å². The zero-order chi connectivity index (χ0) is 14.2. The highest BCUT2D eigenvalue weighted by atomic mass is 16.1. The van der Waals surface area contributed by atoms with Gasteiger partial charge in [-0.15, -0.1) is 0 Å². The first-order valence-electron chi connectivity index (χ1n) is 8.44. The largest absolute Gasteiger partial charge is 0.294 e. The fourth-order valence-corrected chi connectivity index (χ4v) is 3.19. The summed E-state index contributed by atoms with van der Waals surface area (Å²) >= 11 is 0. The Bertz CT molecular complexity index is 398. The lowest BCUT2D eigenvalue weighted by Gasteiger charge is -2.20. The van der Waals surface area contributed by atoms with Crippen LogP contribution in [-0.2, 0) is 6.42 Å². The number of carbonyl (C=O) groups excluding carboxylic acids is 1. The van der Waals surface area contributed by atoms with E-state index in [0.717, 1.165) is 24.8 Å². The molecule has 1 aliphatic rings. The Kier molecular flexibility index (Phi) is 6.29. The maximum atomic E-state index is 12.4. The summed E-state index contributed by atoms with van der Waals surface area (Å²) in [6, 6.07) is 8.40. The van der Waals surface area contributed by atoms with Crippen molar-refractivity contribution >= 4 is 5.78 Å². The van der Waals surface area contributed by atoms with E-state index < -0.39 is 0 Å². The highest BCUT2D eigenvalue weighted by Gasteiger charge is 2.21. The van der Waals surface area contributed by atoms with Gasteiger partial charge in [-0.05, 0) is 31.2 Å². The predicted molar refractivity (Wildman–Crippen MR) is 85.2 cm³/mol. The van der Waals surface area contributed by atoms with E-state index in [2.05, 4.69) is 19.1 Å². The molecule has 1 saturated carbocycles. The van der Waals surface area contributed by atoms with Crippen molar-refractivity contribution < 1.29 is 4.79 Å². The van der Waals surface area contributed by atoms with E-state index >= 15 is 0 Å². The summed E-state index contributed by atoms with van der Waals surface area (Å²) < 4.78 is 0. The highest BCUT2D eigenvalue weighted by molar-refractivity contribution is 5.97. The molecule has 0 atom stereocenters. The molecule has 0 unspecified atom stereocenters. The van der Waals surface area contributed by atoms with E-state index in [9.17, 15) is 4.79 Å². The first kappa shape index (κ1) is 15.3. The lowest BCUT2D eigenvalue weighted by atomic mass is 9.84. The Labute approximate surface area is 123 Å². The maximum absolute atomic E-state index is 12.4. The number of aryl methyl sites for hydroxylation is 1. The van der Waals surface area contributed by atoms with E-state index in [1.165, 1.54) is 50.5 Å². The summed E-state index contributed by atoms with van der Waals surface area (Å²) in [5.74, 6) is 0.668. The molecule has 1 nitrogen and oxygen atoms in total. The van der Waals surface area contributed by atoms with Gasteiger partial charge >= 0.3 is 0 Å². The van der Waals surface area contributed by atoms with Crippen LogP contribution in [0.5, 0.6) is 0 Å². The Morgan fingerprint density at radius 3 is 2.35 bits per heavy atom. The normalized spacial score (nSPS) is 16.2. The molecule has 20 heavy (non-hydrogen) atoms. The molecule has 0 saturated heterocycles. The van der Waals surface area contributed by atoms with E-state index in [4.69, 9.17) is 0 Å². The van der Waals surface area contributed by atoms with E-state index in [1.807, 2.05) is 12.1 Å². The first-order valence-corrected chi connectivity index (χ1v) is 8.44. The summed E-state index contributed by atoms with van der Waals surface area (Å²) in [6.45, 7) is 2.24. The molecule has 0 N–H and O–H groups in total. The molecule has 110 valence electrons. The molecule has 0 amide bonds. The summed E-state index contributed by atoms with van der Waals surface area (Å²) in [7, 11) is 0. The van der Waals surface area contributed by atoms with Crippen molar-refractivity contribution in [1.29, 1.82) is 0 Å². The van der Waals surface area contributed by atoms with Gasteiger partial charge in [0.15, 0.2) is 5.78 Å². The smallest absolute Gasteiger partial charge is 0.165 e. The fourth-order valence-electron chi connectivity index (χ4n) is 3.19. The Balaban J connectivity index is 1.85. The molecule has 0 aliphatic heterocycles. The van der Waals surface area contributed by atoms with Gasteiger partial charge in [-0.1, -0.05) is 69.7 Å². The van der Waals surface area contributed by atoms with Gasteiger partial charge in [-0.2, -0.15) is 0 Å². The number of Topliss-reactive ketones (excluding diaryl/α,β-unsaturated/α-hetero) is 1. The third-order valence-corrected chi connectivity index (χ3v) is 4.53. The van der Waals surface area contributed by atoms with Crippen molar-refractivity contribution in [2.24, 2.45) is 5.92 Å². The SMILES string of the molecule is CCCCCCc1ccc(C(=O)C2CCCCC2)cc1. The molecule has 0 aromatic heterocycles. The number of ketones is 1. The summed E-state index contributed by atoms with van der Waals surface area (Å²) in [5.41, 5.74) is 2.30. The molecule has 1 aromatic rings. The van der Waals surface area contributed by atoms with Gasteiger partial charge in [0.25, 0.3) is 0 Å². The number of hydrogen-bond donors (Lipinski definition) is 0. The van der Waals surface area contributed by atoms with Crippen LogP contribution in [0.3, 0.4) is 0 Å². The second-order valence-corrected chi connectivity index (χ2v) is 6.21. The third kappa shape index (κ3) is 4.47. The van der Waals surface area contributed by atoms with Gasteiger partial charge in [-0.3, -0.25) is 4.79 Å². The van der Waals surface area contributed by atoms with Crippen molar-refractivity contribution in [3.8, 4) is 0 Å². The van der Waals surface area contributed by atoms with E-state index in [-0.39, 0.29) is 0 Å². The lowest BCUT2D eigenvalue weighted by Crippen LogP contribution is -2.17. The van der Waals surface area contributed by atoms with Gasteiger partial charge in [0.1, 0.15) is 0 Å². The number of rotatable bonds is 7. The van der Waals surface area contributed by atoms with Crippen molar-refractivity contribution in [2.75, 3.05) is 0 Å². The topological polar surface area (TPSA) is 17.1 Å². The van der Waals surface area contributed by atoms with Crippen LogP contribution in [0.4, 0.5) is 0 Å². The standard InChI is InChI=1S/C19H28O/c1-2-3-4-6-9-16-12-14-18(15-13-16)19(20)17-10-7-5-8-11-17/h12-15,17H,2-11H2,1H3. The molecule has 1 fully saturated rings. The van der Waals surface area contributed by atoms with Gasteiger partial charge in [0.05, 0.1) is 0 Å². The van der Waals surface area contributed by atoms with Crippen LogP contribution in [0.1, 0.15) is 80.6 Å². The van der Waals surface area contributed by atoms with E-state index in [1.54, 1.807) is 0 Å². The van der Waals surface area contributed by atoms with Gasteiger partial charge < -0.3 is 0 Å². The van der Waals surface area contributed by atoms with Crippen LogP contribution < -0.4 is 0 Å². The van der Waals surface area contributed by atoms with Gasteiger partial charge in [0.2, 0.25) is 0 Å². The average Bonchev–Trinajstić information content (AvgIpc) is 2.52. The lowest BCUT2D eigenvalue weighted by molar-refractivity contribution is 0.0889. The first-order chi connectivity index (χ1) is 9.81. The molecule has 1 aromatic carbocycles. The predicted octanol–water partition coefficient (Wildman–Crippen LogP) is 5.57. The molecule has 2 rings (SSSR count). The Morgan fingerprint density at radius 1 is 1.00 bits per heavy atom. The van der Waals surface area contributed by atoms with Gasteiger partial charge in [-0.25, -0.2) is 0 Å². The highest BCUT2D eigenvalue weighted by Crippen LogP contribution is 2.27. The van der Waals surface area contributed by atoms with Crippen molar-refractivity contribution in [3.05, 3.63) is 35.4 Å². The van der Waals surface area contributed by atoms with Crippen LogP contribution in [-0.4, -0.2) is 5.78 Å². The fraction of sp³-hybridized carbons (Fsp3) is 0.632. The minimum Gasteiger partial charge on any atom is -0.294 e. The number of carbonyl (C=O) groups is 1. The second kappa shape index (κ2) is 8.24. The number of benzene rings is 1.